The van der Waals surface area contributed by atoms with Crippen LogP contribution < -0.4 is 10.5 Å². The van der Waals surface area contributed by atoms with Gasteiger partial charge in [0.25, 0.3) is 0 Å². The Labute approximate surface area is 93.2 Å². The molecule has 0 amide bonds. The van der Waals surface area contributed by atoms with Crippen molar-refractivity contribution in [3.8, 4) is 5.75 Å². The van der Waals surface area contributed by atoms with Crippen LogP contribution in [0.15, 0.2) is 12.1 Å². The summed E-state index contributed by atoms with van der Waals surface area (Å²) in [5, 5.41) is 0.362. The lowest BCUT2D eigenvalue weighted by molar-refractivity contribution is 0.412. The van der Waals surface area contributed by atoms with Crippen molar-refractivity contribution in [1.82, 2.24) is 0 Å². The second-order valence-electron chi connectivity index (χ2n) is 3.92. The van der Waals surface area contributed by atoms with Gasteiger partial charge in [-0.05, 0) is 25.0 Å². The van der Waals surface area contributed by atoms with Gasteiger partial charge in [0.1, 0.15) is 11.6 Å². The molecule has 1 aliphatic rings. The molecule has 1 aromatic carbocycles. The van der Waals surface area contributed by atoms with Crippen molar-refractivity contribution < 1.29 is 9.13 Å². The van der Waals surface area contributed by atoms with E-state index in [1.54, 1.807) is 0 Å². The van der Waals surface area contributed by atoms with Crippen molar-refractivity contribution in [2.45, 2.75) is 18.3 Å². The SMILES string of the molecule is COc1ccc(F)c(C2(CN)CC2)c1Cl. The van der Waals surface area contributed by atoms with E-state index >= 15 is 0 Å². The summed E-state index contributed by atoms with van der Waals surface area (Å²) in [6.07, 6.45) is 1.79. The van der Waals surface area contributed by atoms with Gasteiger partial charge in [0, 0.05) is 17.5 Å². The Kier molecular flexibility index (Phi) is 2.61. The molecular weight excluding hydrogens is 217 g/mol. The van der Waals surface area contributed by atoms with Crippen LogP contribution in [0.3, 0.4) is 0 Å². The van der Waals surface area contributed by atoms with E-state index in [0.717, 1.165) is 12.8 Å². The number of nitrogens with two attached hydrogens (primary N) is 1. The summed E-state index contributed by atoms with van der Waals surface area (Å²) in [6, 6.07) is 2.92. The van der Waals surface area contributed by atoms with Crippen LogP contribution in [0.1, 0.15) is 18.4 Å². The van der Waals surface area contributed by atoms with Gasteiger partial charge in [0.05, 0.1) is 12.1 Å². The molecule has 1 fully saturated rings. The zero-order valence-electron chi connectivity index (χ0n) is 8.52. The highest BCUT2D eigenvalue weighted by molar-refractivity contribution is 6.33. The third kappa shape index (κ3) is 1.60. The maximum Gasteiger partial charge on any atom is 0.137 e. The molecule has 4 heteroatoms. The minimum absolute atomic E-state index is 0.254. The van der Waals surface area contributed by atoms with Gasteiger partial charge in [-0.25, -0.2) is 4.39 Å². The van der Waals surface area contributed by atoms with E-state index in [4.69, 9.17) is 22.1 Å². The fraction of sp³-hybridized carbons (Fsp3) is 0.455. The molecule has 0 radical (unpaired) electrons. The van der Waals surface area contributed by atoms with E-state index in [1.807, 2.05) is 0 Å². The molecule has 2 N–H and O–H groups in total. The molecule has 1 aliphatic carbocycles. The first-order chi connectivity index (χ1) is 7.14. The maximum atomic E-state index is 13.7. The standard InChI is InChI=1S/C11H13ClFNO/c1-15-8-3-2-7(13)9(10(8)12)11(6-14)4-5-11/h2-3H,4-6,14H2,1H3. The van der Waals surface area contributed by atoms with Crippen LogP contribution in [-0.2, 0) is 5.41 Å². The second-order valence-corrected chi connectivity index (χ2v) is 4.30. The zero-order valence-corrected chi connectivity index (χ0v) is 9.27. The normalized spacial score (nSPS) is 17.6. The quantitative estimate of drug-likeness (QED) is 0.864. The zero-order chi connectivity index (χ0) is 11.1. The van der Waals surface area contributed by atoms with E-state index in [1.165, 1.54) is 19.2 Å². The molecular formula is C11H13ClFNO. The molecule has 2 rings (SSSR count). The second kappa shape index (κ2) is 3.65. The Balaban J connectivity index is 2.54. The number of hydrogen-bond donors (Lipinski definition) is 1. The van der Waals surface area contributed by atoms with E-state index in [0.29, 0.717) is 22.9 Å². The van der Waals surface area contributed by atoms with Gasteiger partial charge in [-0.2, -0.15) is 0 Å². The number of halogens is 2. The number of benzene rings is 1. The molecule has 0 saturated heterocycles. The Hall–Kier alpha value is -0.800. The third-order valence-corrected chi connectivity index (χ3v) is 3.43. The lowest BCUT2D eigenvalue weighted by Crippen LogP contribution is -2.21. The molecule has 0 bridgehead atoms. The molecule has 15 heavy (non-hydrogen) atoms. The summed E-state index contributed by atoms with van der Waals surface area (Å²) >= 11 is 6.10. The van der Waals surface area contributed by atoms with Crippen LogP contribution in [0.5, 0.6) is 5.75 Å². The highest BCUT2D eigenvalue weighted by Crippen LogP contribution is 2.52. The number of ether oxygens (including phenoxy) is 1. The molecule has 0 spiro atoms. The van der Waals surface area contributed by atoms with Crippen LogP contribution in [0.2, 0.25) is 5.02 Å². The van der Waals surface area contributed by atoms with E-state index in [-0.39, 0.29) is 11.2 Å². The van der Waals surface area contributed by atoms with E-state index in [9.17, 15) is 4.39 Å². The molecule has 0 heterocycles. The molecule has 1 aromatic rings. The summed E-state index contributed by atoms with van der Waals surface area (Å²) in [4.78, 5) is 0. The van der Waals surface area contributed by atoms with Crippen molar-refractivity contribution in [3.63, 3.8) is 0 Å². The Bertz CT molecular complexity index is 390. The van der Waals surface area contributed by atoms with E-state index in [2.05, 4.69) is 0 Å². The minimum Gasteiger partial charge on any atom is -0.495 e. The molecule has 0 atom stereocenters. The Morgan fingerprint density at radius 1 is 1.53 bits per heavy atom. The average Bonchev–Trinajstić information content (AvgIpc) is 2.99. The number of hydrogen-bond acceptors (Lipinski definition) is 2. The molecule has 0 aromatic heterocycles. The predicted molar refractivity (Wildman–Crippen MR) is 57.9 cm³/mol. The van der Waals surface area contributed by atoms with Gasteiger partial charge < -0.3 is 10.5 Å². The summed E-state index contributed by atoms with van der Waals surface area (Å²) < 4.78 is 18.8. The first kappa shape index (κ1) is 10.7. The molecule has 0 aliphatic heterocycles. The van der Waals surface area contributed by atoms with Crippen LogP contribution in [0, 0.1) is 5.82 Å². The monoisotopic (exact) mass is 229 g/mol. The van der Waals surface area contributed by atoms with Crippen LogP contribution in [0.25, 0.3) is 0 Å². The van der Waals surface area contributed by atoms with Crippen molar-refractivity contribution in [2.24, 2.45) is 5.73 Å². The van der Waals surface area contributed by atoms with Gasteiger partial charge in [-0.3, -0.25) is 0 Å². The van der Waals surface area contributed by atoms with Crippen molar-refractivity contribution in [1.29, 1.82) is 0 Å². The third-order valence-electron chi connectivity index (χ3n) is 3.05. The lowest BCUT2D eigenvalue weighted by Gasteiger charge is -2.17. The first-order valence-electron chi connectivity index (χ1n) is 4.87. The summed E-state index contributed by atoms with van der Waals surface area (Å²) in [5.41, 5.74) is 5.93. The van der Waals surface area contributed by atoms with Gasteiger partial charge >= 0.3 is 0 Å². The lowest BCUT2D eigenvalue weighted by atomic mass is 9.95. The largest absolute Gasteiger partial charge is 0.495 e. The summed E-state index contributed by atoms with van der Waals surface area (Å²) in [6.45, 7) is 0.427. The average molecular weight is 230 g/mol. The fourth-order valence-corrected chi connectivity index (χ4v) is 2.32. The minimum atomic E-state index is -0.288. The molecule has 2 nitrogen and oxygen atoms in total. The molecule has 1 saturated carbocycles. The Morgan fingerprint density at radius 3 is 2.67 bits per heavy atom. The van der Waals surface area contributed by atoms with Crippen molar-refractivity contribution in [3.05, 3.63) is 28.5 Å². The van der Waals surface area contributed by atoms with Gasteiger partial charge in [-0.1, -0.05) is 11.6 Å². The fourth-order valence-electron chi connectivity index (χ4n) is 1.88. The topological polar surface area (TPSA) is 35.2 Å². The van der Waals surface area contributed by atoms with E-state index < -0.39 is 0 Å². The predicted octanol–water partition coefficient (Wildman–Crippen LogP) is 2.48. The molecule has 0 unspecified atom stereocenters. The van der Waals surface area contributed by atoms with Gasteiger partial charge in [-0.15, -0.1) is 0 Å². The highest BCUT2D eigenvalue weighted by atomic mass is 35.5. The van der Waals surface area contributed by atoms with Crippen LogP contribution in [-0.4, -0.2) is 13.7 Å². The van der Waals surface area contributed by atoms with Crippen molar-refractivity contribution in [2.75, 3.05) is 13.7 Å². The first-order valence-corrected chi connectivity index (χ1v) is 5.25. The van der Waals surface area contributed by atoms with Crippen molar-refractivity contribution >= 4 is 11.6 Å². The summed E-state index contributed by atoms with van der Waals surface area (Å²) in [5.74, 6) is 0.219. The maximum absolute atomic E-state index is 13.7. The summed E-state index contributed by atoms with van der Waals surface area (Å²) in [7, 11) is 1.52. The highest BCUT2D eigenvalue weighted by Gasteiger charge is 2.46. The molecule has 82 valence electrons. The number of methoxy groups -OCH3 is 1. The van der Waals surface area contributed by atoms with Gasteiger partial charge in [0.2, 0.25) is 0 Å². The van der Waals surface area contributed by atoms with Crippen LogP contribution in [0.4, 0.5) is 4.39 Å². The smallest absolute Gasteiger partial charge is 0.137 e. The van der Waals surface area contributed by atoms with Gasteiger partial charge in [0.15, 0.2) is 0 Å². The Morgan fingerprint density at radius 2 is 2.20 bits per heavy atom. The van der Waals surface area contributed by atoms with Crippen LogP contribution >= 0.6 is 11.6 Å². The number of rotatable bonds is 3.